The zero-order chi connectivity index (χ0) is 17.7. The third-order valence-corrected chi connectivity index (χ3v) is 6.22. The van der Waals surface area contributed by atoms with Crippen molar-refractivity contribution < 1.29 is 24.2 Å². The van der Waals surface area contributed by atoms with Gasteiger partial charge in [0.1, 0.15) is 6.10 Å². The first-order chi connectivity index (χ1) is 12.0. The van der Waals surface area contributed by atoms with E-state index in [2.05, 4.69) is 5.32 Å². The van der Waals surface area contributed by atoms with Crippen molar-refractivity contribution in [1.29, 1.82) is 0 Å². The van der Waals surface area contributed by atoms with Crippen molar-refractivity contribution in [2.75, 3.05) is 5.75 Å². The Morgan fingerprint density at radius 2 is 1.76 bits per heavy atom. The Kier molecular flexibility index (Phi) is 6.63. The highest BCUT2D eigenvalue weighted by Gasteiger charge is 2.49. The van der Waals surface area contributed by atoms with Crippen LogP contribution in [0.2, 0.25) is 0 Å². The lowest BCUT2D eigenvalue weighted by Crippen LogP contribution is -2.58. The van der Waals surface area contributed by atoms with Gasteiger partial charge in [-0.25, -0.2) is 0 Å². The molecule has 0 aliphatic carbocycles. The lowest BCUT2D eigenvalue weighted by Gasteiger charge is -2.43. The van der Waals surface area contributed by atoms with Crippen LogP contribution in [-0.2, 0) is 14.3 Å². The van der Waals surface area contributed by atoms with Crippen molar-refractivity contribution in [1.82, 2.24) is 5.32 Å². The summed E-state index contributed by atoms with van der Waals surface area (Å²) in [7, 11) is 0. The summed E-state index contributed by atoms with van der Waals surface area (Å²) in [5.74, 6) is -1.16. The molecule has 3 saturated heterocycles. The highest BCUT2D eigenvalue weighted by Crippen LogP contribution is 2.36. The first-order valence-corrected chi connectivity index (χ1v) is 10.6. The summed E-state index contributed by atoms with van der Waals surface area (Å²) >= 11 is 1.16. The Balaban J connectivity index is 1.68. The van der Waals surface area contributed by atoms with Gasteiger partial charge in [-0.2, -0.15) is 0 Å². The van der Waals surface area contributed by atoms with Crippen molar-refractivity contribution >= 4 is 23.0 Å². The average molecular weight is 371 g/mol. The highest BCUT2D eigenvalue weighted by atomic mass is 32.2. The molecular formula is C18H29NO5S. The normalized spacial score (nSPS) is 38.5. The number of rotatable bonds is 1. The van der Waals surface area contributed by atoms with Gasteiger partial charge in [-0.1, -0.05) is 50.3 Å². The van der Waals surface area contributed by atoms with Gasteiger partial charge in [0.25, 0.3) is 5.24 Å². The van der Waals surface area contributed by atoms with Gasteiger partial charge in [0, 0.05) is 25.0 Å². The minimum atomic E-state index is -1.45. The number of hydrogen-bond acceptors (Lipinski definition) is 6. The van der Waals surface area contributed by atoms with Crippen LogP contribution >= 0.6 is 11.8 Å². The molecule has 0 radical (unpaired) electrons. The first-order valence-electron chi connectivity index (χ1n) is 9.58. The molecule has 25 heavy (non-hydrogen) atoms. The van der Waals surface area contributed by atoms with E-state index in [1.807, 2.05) is 0 Å². The third kappa shape index (κ3) is 5.34. The van der Waals surface area contributed by atoms with E-state index in [-0.39, 0.29) is 29.8 Å². The van der Waals surface area contributed by atoms with Crippen molar-refractivity contribution in [3.8, 4) is 0 Å². The maximum Gasteiger partial charge on any atom is 0.306 e. The molecule has 3 heterocycles. The van der Waals surface area contributed by atoms with Gasteiger partial charge in [0.05, 0.1) is 12.1 Å². The Morgan fingerprint density at radius 1 is 1.04 bits per heavy atom. The smallest absolute Gasteiger partial charge is 0.306 e. The molecule has 6 nitrogen and oxygen atoms in total. The largest absolute Gasteiger partial charge is 0.462 e. The van der Waals surface area contributed by atoms with Gasteiger partial charge < -0.3 is 19.9 Å². The van der Waals surface area contributed by atoms with E-state index >= 15 is 0 Å². The summed E-state index contributed by atoms with van der Waals surface area (Å²) in [6, 6.07) is -0.451. The van der Waals surface area contributed by atoms with Crippen LogP contribution in [0.4, 0.5) is 4.79 Å². The second kappa shape index (κ2) is 8.73. The second-order valence-corrected chi connectivity index (χ2v) is 8.44. The Hall–Kier alpha value is -0.790. The van der Waals surface area contributed by atoms with Crippen molar-refractivity contribution in [2.45, 2.75) is 94.7 Å². The number of carbonyl (C=O) groups is 2. The third-order valence-electron chi connectivity index (χ3n) is 5.34. The highest BCUT2D eigenvalue weighted by molar-refractivity contribution is 8.14. The van der Waals surface area contributed by atoms with Gasteiger partial charge in [-0.15, -0.1) is 0 Å². The van der Waals surface area contributed by atoms with E-state index in [0.717, 1.165) is 37.4 Å². The molecule has 1 unspecified atom stereocenters. The van der Waals surface area contributed by atoms with Gasteiger partial charge in [-0.3, -0.25) is 9.59 Å². The van der Waals surface area contributed by atoms with E-state index in [4.69, 9.17) is 9.47 Å². The van der Waals surface area contributed by atoms with E-state index in [1.165, 1.54) is 25.7 Å². The lowest BCUT2D eigenvalue weighted by molar-refractivity contribution is -0.284. The Morgan fingerprint density at radius 3 is 2.48 bits per heavy atom. The topological polar surface area (TPSA) is 84.9 Å². The van der Waals surface area contributed by atoms with Crippen LogP contribution in [0.25, 0.3) is 0 Å². The fourth-order valence-electron chi connectivity index (χ4n) is 3.98. The van der Waals surface area contributed by atoms with Crippen LogP contribution in [-0.4, -0.2) is 46.1 Å². The van der Waals surface area contributed by atoms with Crippen molar-refractivity contribution in [3.63, 3.8) is 0 Å². The van der Waals surface area contributed by atoms with E-state index < -0.39 is 11.8 Å². The summed E-state index contributed by atoms with van der Waals surface area (Å²) in [6.07, 6.45) is 9.40. The van der Waals surface area contributed by atoms with E-state index in [9.17, 15) is 14.7 Å². The standard InChI is InChI=1S/C18H29NO5S/c20-16-9-7-5-3-1-2-4-6-8-13-10-14(23-16)11-18(22,24-13)15-12-25-17(21)19-15/h13-15,22H,1-12H2,(H,19,21)/t13?,14-,15+,18-/m1/s1. The van der Waals surface area contributed by atoms with E-state index in [1.54, 1.807) is 0 Å². The molecule has 0 spiro atoms. The number of carbonyl (C=O) groups excluding carboxylic acids is 2. The molecule has 3 aliphatic rings. The van der Waals surface area contributed by atoms with E-state index in [0.29, 0.717) is 18.6 Å². The van der Waals surface area contributed by atoms with Gasteiger partial charge >= 0.3 is 5.97 Å². The molecular weight excluding hydrogens is 342 g/mol. The van der Waals surface area contributed by atoms with Crippen molar-refractivity contribution in [3.05, 3.63) is 0 Å². The second-order valence-electron chi connectivity index (χ2n) is 7.45. The minimum absolute atomic E-state index is 0.137. The number of nitrogens with one attached hydrogen (secondary N) is 1. The van der Waals surface area contributed by atoms with Crippen LogP contribution in [0.15, 0.2) is 0 Å². The maximum absolute atomic E-state index is 12.1. The van der Waals surface area contributed by atoms with Crippen LogP contribution in [0.1, 0.15) is 70.6 Å². The lowest BCUT2D eigenvalue weighted by atomic mass is 9.91. The zero-order valence-corrected chi connectivity index (χ0v) is 15.5. The quantitative estimate of drug-likeness (QED) is 0.689. The Bertz CT molecular complexity index is 488. The van der Waals surface area contributed by atoms with Crippen molar-refractivity contribution in [2.24, 2.45) is 0 Å². The fourth-order valence-corrected chi connectivity index (χ4v) is 4.86. The van der Waals surface area contributed by atoms with Gasteiger partial charge in [0.2, 0.25) is 0 Å². The molecule has 0 aromatic carbocycles. The molecule has 0 aromatic rings. The molecule has 3 aliphatic heterocycles. The SMILES string of the molecule is O=C1CCCCCCCCCC2C[C@H](C[C@](O)([C@@H]3CSC(=O)N3)O2)O1. The summed E-state index contributed by atoms with van der Waals surface area (Å²) in [5, 5.41) is 13.7. The number of thioether (sulfide) groups is 1. The molecule has 0 aromatic heterocycles. The predicted molar refractivity (Wildman–Crippen MR) is 95.3 cm³/mol. The number of esters is 1. The Labute approximate surface area is 153 Å². The monoisotopic (exact) mass is 371 g/mol. The first kappa shape index (κ1) is 19.0. The number of ether oxygens (including phenoxy) is 2. The number of amides is 1. The molecule has 0 saturated carbocycles. The van der Waals surface area contributed by atoms with Crippen LogP contribution in [0, 0.1) is 0 Å². The molecule has 2 bridgehead atoms. The van der Waals surface area contributed by atoms with Crippen LogP contribution < -0.4 is 5.32 Å². The summed E-state index contributed by atoms with van der Waals surface area (Å²) in [4.78, 5) is 23.6. The zero-order valence-electron chi connectivity index (χ0n) is 14.7. The van der Waals surface area contributed by atoms with Gasteiger partial charge in [0.15, 0.2) is 5.79 Å². The molecule has 3 fully saturated rings. The summed E-state index contributed by atoms with van der Waals surface area (Å²) < 4.78 is 11.7. The van der Waals surface area contributed by atoms with Gasteiger partial charge in [-0.05, 0) is 12.8 Å². The molecule has 4 atom stereocenters. The molecule has 2 N–H and O–H groups in total. The maximum atomic E-state index is 12.1. The molecule has 1 amide bonds. The predicted octanol–water partition coefficient (Wildman–Crippen LogP) is 3.12. The fraction of sp³-hybridized carbons (Fsp3) is 0.889. The number of hydrogen-bond donors (Lipinski definition) is 2. The molecule has 7 heteroatoms. The number of fused-ring (bicyclic) bond motifs is 2. The average Bonchev–Trinajstić information content (AvgIpc) is 2.99. The van der Waals surface area contributed by atoms with Crippen LogP contribution in [0.5, 0.6) is 0 Å². The number of aliphatic hydroxyl groups is 1. The summed E-state index contributed by atoms with van der Waals surface area (Å²) in [5.41, 5.74) is 0. The summed E-state index contributed by atoms with van der Waals surface area (Å²) in [6.45, 7) is 0. The molecule has 142 valence electrons. The molecule has 3 rings (SSSR count). The van der Waals surface area contributed by atoms with Crippen LogP contribution in [0.3, 0.4) is 0 Å². The minimum Gasteiger partial charge on any atom is -0.462 e.